The molecule has 0 aliphatic carbocycles. The molecule has 4 rings (SSSR count). The van der Waals surface area contributed by atoms with Crippen LogP contribution in [0.25, 0.3) is 21.7 Å². The van der Waals surface area contributed by atoms with E-state index in [0.29, 0.717) is 27.2 Å². The van der Waals surface area contributed by atoms with Gasteiger partial charge in [-0.2, -0.15) is 4.72 Å². The number of hydrogen-bond acceptors (Lipinski definition) is 10. The average Bonchev–Trinajstić information content (AvgIpc) is 3.56. The van der Waals surface area contributed by atoms with E-state index in [4.69, 9.17) is 4.74 Å². The van der Waals surface area contributed by atoms with Gasteiger partial charge in [0.05, 0.1) is 10.4 Å². The van der Waals surface area contributed by atoms with Gasteiger partial charge in [0.2, 0.25) is 33.7 Å². The second-order valence-corrected chi connectivity index (χ2v) is 19.8. The molecule has 5 atom stereocenters. The van der Waals surface area contributed by atoms with Crippen LogP contribution in [-0.2, 0) is 45.2 Å². The van der Waals surface area contributed by atoms with Crippen molar-refractivity contribution < 1.29 is 47.0 Å². The zero-order chi connectivity index (χ0) is 47.8. The summed E-state index contributed by atoms with van der Waals surface area (Å²) < 4.78 is 37.1. The topological polar surface area (TPSA) is 234 Å². The first-order chi connectivity index (χ1) is 29.8. The molecule has 0 saturated heterocycles. The quantitative estimate of drug-likeness (QED) is 0.0756. The lowest BCUT2D eigenvalue weighted by molar-refractivity contribution is -0.142. The molecular formula is C46H63N7O10S. The molecule has 4 aromatic rings. The number of aliphatic carboxylic acids is 1. The third kappa shape index (κ3) is 13.3. The average molecular weight is 906 g/mol. The molecule has 17 nitrogen and oxygen atoms in total. The first kappa shape index (κ1) is 50.6. The van der Waals surface area contributed by atoms with Gasteiger partial charge in [0.25, 0.3) is 0 Å². The van der Waals surface area contributed by atoms with Crippen molar-refractivity contribution in [1.29, 1.82) is 0 Å². The van der Waals surface area contributed by atoms with E-state index in [1.54, 1.807) is 63.2 Å². The second-order valence-electron chi connectivity index (χ2n) is 18.1. The minimum absolute atomic E-state index is 0.00701. The van der Waals surface area contributed by atoms with E-state index in [1.165, 1.54) is 30.7 Å². The Hall–Kier alpha value is -6.01. The van der Waals surface area contributed by atoms with Crippen LogP contribution in [0.5, 0.6) is 0 Å². The fourth-order valence-corrected chi connectivity index (χ4v) is 8.60. The molecule has 5 unspecified atom stereocenters. The van der Waals surface area contributed by atoms with Crippen LogP contribution in [0, 0.1) is 11.8 Å². The number of carbonyl (C=O) groups excluding carboxylic acids is 5. The fourth-order valence-electron chi connectivity index (χ4n) is 7.17. The minimum Gasteiger partial charge on any atom is -0.480 e. The van der Waals surface area contributed by atoms with Gasteiger partial charge in [-0.3, -0.25) is 23.7 Å². The molecule has 0 aliphatic heterocycles. The number of carbonyl (C=O) groups is 6. The van der Waals surface area contributed by atoms with Crippen LogP contribution < -0.4 is 30.9 Å². The smallest absolute Gasteiger partial charge is 0.419 e. The number of rotatable bonds is 19. The zero-order valence-electron chi connectivity index (χ0n) is 38.4. The Bertz CT molecular complexity index is 2470. The molecule has 18 heteroatoms. The highest BCUT2D eigenvalue weighted by Gasteiger charge is 2.33. The largest absolute Gasteiger partial charge is 0.480 e. The van der Waals surface area contributed by atoms with Crippen molar-refractivity contribution in [3.63, 3.8) is 0 Å². The fraction of sp³-hybridized carbons (Fsp3) is 0.478. The highest BCUT2D eigenvalue weighted by atomic mass is 32.2. The molecule has 3 aromatic carbocycles. The number of benzene rings is 3. The van der Waals surface area contributed by atoms with Crippen molar-refractivity contribution in [2.45, 2.75) is 122 Å². The molecule has 0 fully saturated rings. The van der Waals surface area contributed by atoms with E-state index in [9.17, 15) is 42.3 Å². The minimum atomic E-state index is -4.24. The highest BCUT2D eigenvalue weighted by Crippen LogP contribution is 2.31. The van der Waals surface area contributed by atoms with Crippen LogP contribution in [0.1, 0.15) is 80.7 Å². The molecule has 1 aromatic heterocycles. The molecule has 0 radical (unpaired) electrons. The van der Waals surface area contributed by atoms with Crippen molar-refractivity contribution in [1.82, 2.24) is 30.6 Å². The lowest BCUT2D eigenvalue weighted by atomic mass is 10.0. The molecule has 4 amide bonds. The molecule has 6 N–H and O–H groups in total. The van der Waals surface area contributed by atoms with Crippen molar-refractivity contribution in [3.8, 4) is 0 Å². The number of anilines is 1. The van der Waals surface area contributed by atoms with Gasteiger partial charge >= 0.3 is 12.1 Å². The normalized spacial score (nSPS) is 14.3. The summed E-state index contributed by atoms with van der Waals surface area (Å²) in [6, 6.07) is 10.8. The van der Waals surface area contributed by atoms with Gasteiger partial charge < -0.3 is 36.0 Å². The summed E-state index contributed by atoms with van der Waals surface area (Å²) in [6.07, 6.45) is 0.868. The van der Waals surface area contributed by atoms with E-state index in [2.05, 4.69) is 26.0 Å². The molecule has 0 bridgehead atoms. The SMILES string of the molecule is CC(C)CC(NC(=O)C(C)NC(=O)C(C)NC(=O)C(CC(C)C)NS(=O)(=O)c1cccc2c(N(C)C)cccc12)C(=O)NC(Cc1cn(C(=O)OC(C)(C)C)c2ccccc12)C(=O)O. The first-order valence-electron chi connectivity index (χ1n) is 21.3. The number of carboxylic acids is 1. The summed E-state index contributed by atoms with van der Waals surface area (Å²) in [6.45, 7) is 15.2. The van der Waals surface area contributed by atoms with Crippen molar-refractivity contribution in [2.24, 2.45) is 11.8 Å². The van der Waals surface area contributed by atoms with Gasteiger partial charge in [-0.15, -0.1) is 0 Å². The second kappa shape index (κ2) is 21.1. The molecule has 64 heavy (non-hydrogen) atoms. The lowest BCUT2D eigenvalue weighted by Gasteiger charge is -2.25. The Labute approximate surface area is 375 Å². The maximum atomic E-state index is 13.8. The number of aromatic nitrogens is 1. The number of para-hydroxylation sites is 1. The summed E-state index contributed by atoms with van der Waals surface area (Å²) in [7, 11) is -0.541. The van der Waals surface area contributed by atoms with Crippen molar-refractivity contribution in [2.75, 3.05) is 19.0 Å². The number of hydrogen-bond donors (Lipinski definition) is 6. The Morgan fingerprint density at radius 2 is 1.19 bits per heavy atom. The molecule has 348 valence electrons. The molecular weight excluding hydrogens is 843 g/mol. The van der Waals surface area contributed by atoms with Gasteiger partial charge in [-0.25, -0.2) is 18.0 Å². The van der Waals surface area contributed by atoms with Crippen LogP contribution in [0.3, 0.4) is 0 Å². The molecule has 1 heterocycles. The summed E-state index contributed by atoms with van der Waals surface area (Å²) >= 11 is 0. The Kier molecular flexibility index (Phi) is 16.7. The van der Waals surface area contributed by atoms with Crippen LogP contribution >= 0.6 is 0 Å². The predicted octanol–water partition coefficient (Wildman–Crippen LogP) is 4.69. The number of carboxylic acid groups (broad SMARTS) is 1. The Morgan fingerprint density at radius 3 is 1.78 bits per heavy atom. The zero-order valence-corrected chi connectivity index (χ0v) is 39.3. The van der Waals surface area contributed by atoms with E-state index in [1.807, 2.05) is 58.8 Å². The third-order valence-electron chi connectivity index (χ3n) is 10.2. The van der Waals surface area contributed by atoms with Crippen LogP contribution in [0.4, 0.5) is 10.5 Å². The molecule has 0 aliphatic rings. The van der Waals surface area contributed by atoms with E-state index in [0.717, 1.165) is 5.69 Å². The van der Waals surface area contributed by atoms with Crippen molar-refractivity contribution >= 4 is 73.1 Å². The Balaban J connectivity index is 1.43. The monoisotopic (exact) mass is 905 g/mol. The number of amides is 4. The van der Waals surface area contributed by atoms with Crippen molar-refractivity contribution in [3.05, 3.63) is 72.4 Å². The van der Waals surface area contributed by atoms with E-state index < -0.39 is 81.5 Å². The summed E-state index contributed by atoms with van der Waals surface area (Å²) in [5, 5.41) is 22.2. The first-order valence-corrected chi connectivity index (χ1v) is 22.8. The third-order valence-corrected chi connectivity index (χ3v) is 11.7. The van der Waals surface area contributed by atoms with E-state index >= 15 is 0 Å². The number of sulfonamides is 1. The molecule has 0 spiro atoms. The highest BCUT2D eigenvalue weighted by molar-refractivity contribution is 7.89. The summed E-state index contributed by atoms with van der Waals surface area (Å²) in [5.41, 5.74) is 0.985. The van der Waals surface area contributed by atoms with Crippen LogP contribution in [0.2, 0.25) is 0 Å². The van der Waals surface area contributed by atoms with Gasteiger partial charge in [-0.05, 0) is 83.1 Å². The summed E-state index contributed by atoms with van der Waals surface area (Å²) in [4.78, 5) is 81.6. The van der Waals surface area contributed by atoms with Crippen LogP contribution in [-0.4, -0.2) is 104 Å². The number of nitrogens with one attached hydrogen (secondary N) is 5. The van der Waals surface area contributed by atoms with Gasteiger partial charge in [0.15, 0.2) is 0 Å². The number of nitrogens with zero attached hydrogens (tertiary/aromatic N) is 2. The predicted molar refractivity (Wildman–Crippen MR) is 245 cm³/mol. The maximum absolute atomic E-state index is 13.8. The van der Waals surface area contributed by atoms with Gasteiger partial charge in [0, 0.05) is 48.6 Å². The molecule has 0 saturated carbocycles. The maximum Gasteiger partial charge on any atom is 0.419 e. The Morgan fingerprint density at radius 1 is 0.672 bits per heavy atom. The summed E-state index contributed by atoms with van der Waals surface area (Å²) in [5.74, 6) is -4.62. The lowest BCUT2D eigenvalue weighted by Crippen LogP contribution is -2.58. The van der Waals surface area contributed by atoms with Crippen LogP contribution in [0.15, 0.2) is 71.8 Å². The number of ether oxygens (including phenoxy) is 1. The van der Waals surface area contributed by atoms with E-state index in [-0.39, 0.29) is 36.0 Å². The standard InChI is InChI=1S/C46H63N7O10S/c1-26(2)22-34(42(56)50-36(44(58)59)24-30-25-53(45(60)63-46(7,8)9)38-19-13-12-16-31(30)38)49-41(55)29(6)47-40(54)28(5)48-43(57)35(23-27(3)4)51-64(61,62)39-21-15-17-32-33(39)18-14-20-37(32)52(10)11/h12-21,25-29,34-36,51H,22-24H2,1-11H3,(H,47,54)(H,48,57)(H,49,55)(H,50,56)(H,58,59). The van der Waals surface area contributed by atoms with Gasteiger partial charge in [0.1, 0.15) is 35.8 Å². The number of fused-ring (bicyclic) bond motifs is 2. The van der Waals surface area contributed by atoms with Gasteiger partial charge in [-0.1, -0.05) is 70.2 Å².